The molecule has 4 aliphatic carbocycles. The normalized spacial score (nSPS) is 49.2. The molecule has 1 saturated heterocycles. The molecule has 4 N–H and O–H groups in total. The first-order chi connectivity index (χ1) is 17.1. The van der Waals surface area contributed by atoms with E-state index in [9.17, 15) is 15.0 Å². The third-order valence-electron chi connectivity index (χ3n) is 12.0. The second-order valence-corrected chi connectivity index (χ2v) is 13.2. The quantitative estimate of drug-likeness (QED) is 0.585. The number of fused-ring (bicyclic) bond motifs is 5. The summed E-state index contributed by atoms with van der Waals surface area (Å²) in [5, 5.41) is 24.7. The van der Waals surface area contributed by atoms with Crippen LogP contribution < -0.4 is 11.4 Å². The summed E-state index contributed by atoms with van der Waals surface area (Å²) in [5.41, 5.74) is 4.73. The Labute approximate surface area is 214 Å². The molecule has 0 amide bonds. The summed E-state index contributed by atoms with van der Waals surface area (Å²) >= 11 is 0. The molecule has 1 aromatic rings. The maximum atomic E-state index is 12.4. The predicted octanol–water partition coefficient (Wildman–Crippen LogP) is 3.02. The molecule has 7 nitrogen and oxygen atoms in total. The maximum absolute atomic E-state index is 12.4. The van der Waals surface area contributed by atoms with E-state index in [0.717, 1.165) is 83.0 Å². The number of nitrogens with zero attached hydrogens (tertiary/aromatic N) is 1. The van der Waals surface area contributed by atoms with Gasteiger partial charge in [0.1, 0.15) is 0 Å². The number of ether oxygens (including phenoxy) is 1. The van der Waals surface area contributed by atoms with Crippen molar-refractivity contribution in [3.05, 3.63) is 34.4 Å². The van der Waals surface area contributed by atoms with Gasteiger partial charge < -0.3 is 25.1 Å². The van der Waals surface area contributed by atoms with Crippen molar-refractivity contribution < 1.29 is 19.4 Å². The van der Waals surface area contributed by atoms with Crippen molar-refractivity contribution in [2.45, 2.75) is 101 Å². The lowest BCUT2D eigenvalue weighted by molar-refractivity contribution is -0.251. The molecule has 6 rings (SSSR count). The van der Waals surface area contributed by atoms with Gasteiger partial charge in [-0.25, -0.2) is 4.79 Å². The van der Waals surface area contributed by atoms with E-state index in [-0.39, 0.29) is 34.4 Å². The van der Waals surface area contributed by atoms with Crippen LogP contribution in [0.3, 0.4) is 0 Å². The molecule has 1 aliphatic heterocycles. The van der Waals surface area contributed by atoms with Crippen molar-refractivity contribution in [2.24, 2.45) is 28.4 Å². The number of aliphatic hydroxyl groups is 2. The van der Waals surface area contributed by atoms with Gasteiger partial charge >= 0.3 is 5.63 Å². The van der Waals surface area contributed by atoms with Crippen LogP contribution >= 0.6 is 0 Å². The lowest BCUT2D eigenvalue weighted by Crippen LogP contribution is -2.68. The van der Waals surface area contributed by atoms with E-state index in [1.54, 1.807) is 6.26 Å². The second-order valence-electron chi connectivity index (χ2n) is 13.2. The molecule has 0 radical (unpaired) electrons. The van der Waals surface area contributed by atoms with Crippen molar-refractivity contribution in [3.8, 4) is 0 Å². The van der Waals surface area contributed by atoms with Gasteiger partial charge in [-0.2, -0.15) is 0 Å². The van der Waals surface area contributed by atoms with E-state index in [1.165, 1.54) is 6.07 Å². The molecule has 7 heteroatoms. The maximum Gasteiger partial charge on any atom is 0.335 e. The lowest BCUT2D eigenvalue weighted by atomic mass is 9.41. The first kappa shape index (κ1) is 25.1. The smallest absolute Gasteiger partial charge is 0.335 e. The molecule has 0 spiro atoms. The highest BCUT2D eigenvalue weighted by Gasteiger charge is 2.70. The Morgan fingerprint density at radius 2 is 1.81 bits per heavy atom. The van der Waals surface area contributed by atoms with Crippen molar-refractivity contribution in [1.29, 1.82) is 0 Å². The number of hydrogen-bond acceptors (Lipinski definition) is 7. The Morgan fingerprint density at radius 1 is 1.03 bits per heavy atom. The Kier molecular flexibility index (Phi) is 6.01. The fourth-order valence-corrected chi connectivity index (χ4v) is 9.83. The van der Waals surface area contributed by atoms with Crippen LogP contribution in [-0.2, 0) is 4.74 Å². The molecular weight excluding hydrogens is 456 g/mol. The van der Waals surface area contributed by atoms with E-state index < -0.39 is 11.2 Å². The van der Waals surface area contributed by atoms with Crippen molar-refractivity contribution in [1.82, 2.24) is 4.90 Å². The minimum absolute atomic E-state index is 0.0932. The van der Waals surface area contributed by atoms with Gasteiger partial charge in [0, 0.05) is 37.2 Å². The number of rotatable bonds is 3. The molecule has 36 heavy (non-hydrogen) atoms. The predicted molar refractivity (Wildman–Crippen MR) is 137 cm³/mol. The van der Waals surface area contributed by atoms with Crippen molar-refractivity contribution in [2.75, 3.05) is 26.2 Å². The largest absolute Gasteiger partial charge is 0.431 e. The molecule has 5 fully saturated rings. The van der Waals surface area contributed by atoms with Crippen molar-refractivity contribution in [3.63, 3.8) is 0 Å². The summed E-state index contributed by atoms with van der Waals surface area (Å²) in [6, 6.07) is 3.77. The SMILES string of the molecule is C[C@]12CC[C@H](N3CCO[C@H](CN)C3)C[C@@]1(O)CC[C@@H]1[C@@H]2CC[C@]2(C)[C@@H](c3ccc(=O)oc3)CC[C@]12O. The molecule has 2 heterocycles. The average molecular weight is 501 g/mol. The van der Waals surface area contributed by atoms with E-state index in [4.69, 9.17) is 14.9 Å². The summed E-state index contributed by atoms with van der Waals surface area (Å²) < 4.78 is 11.0. The van der Waals surface area contributed by atoms with Gasteiger partial charge in [-0.15, -0.1) is 0 Å². The standard InChI is InChI=1S/C29H44N2O5/c1-26-9-5-20(31-13-14-35-21(16-30)17-31)15-28(26,33)11-7-24-23(26)6-10-27(2)22(8-12-29(24,27)34)19-3-4-25(32)36-18-19/h3-4,18,20-24,33-34H,5-17,30H2,1-2H3/t20-,21+,22+,23-,24+,26+,27+,28-,29-/m0/s1. The fraction of sp³-hybridized carbons (Fsp3) is 0.828. The third-order valence-corrected chi connectivity index (χ3v) is 12.0. The average Bonchev–Trinajstić information content (AvgIpc) is 3.16. The van der Waals surface area contributed by atoms with E-state index in [1.807, 2.05) is 6.07 Å². The zero-order chi connectivity index (χ0) is 25.3. The fourth-order valence-electron chi connectivity index (χ4n) is 9.83. The summed E-state index contributed by atoms with van der Waals surface area (Å²) in [6.07, 6.45) is 9.89. The monoisotopic (exact) mass is 500 g/mol. The number of nitrogens with two attached hydrogens (primary N) is 1. The summed E-state index contributed by atoms with van der Waals surface area (Å²) in [5.74, 6) is 0.710. The summed E-state index contributed by atoms with van der Waals surface area (Å²) in [4.78, 5) is 14.1. The zero-order valence-electron chi connectivity index (χ0n) is 22.0. The molecule has 5 aliphatic rings. The van der Waals surface area contributed by atoms with Crippen LogP contribution in [0.5, 0.6) is 0 Å². The number of morpholine rings is 1. The minimum atomic E-state index is -0.754. The number of hydrogen-bond donors (Lipinski definition) is 3. The molecule has 0 unspecified atom stereocenters. The molecule has 9 atom stereocenters. The minimum Gasteiger partial charge on any atom is -0.431 e. The van der Waals surface area contributed by atoms with E-state index in [2.05, 4.69) is 18.7 Å². The summed E-state index contributed by atoms with van der Waals surface area (Å²) in [6.45, 7) is 7.63. The van der Waals surface area contributed by atoms with Crippen LogP contribution in [0, 0.1) is 22.7 Å². The van der Waals surface area contributed by atoms with Crippen LogP contribution in [0.1, 0.15) is 83.1 Å². The highest BCUT2D eigenvalue weighted by molar-refractivity contribution is 5.28. The highest BCUT2D eigenvalue weighted by atomic mass is 16.5. The Hall–Kier alpha value is -1.25. The third kappa shape index (κ3) is 3.46. The molecular formula is C29H44N2O5. The van der Waals surface area contributed by atoms with Crippen LogP contribution in [0.4, 0.5) is 0 Å². The molecule has 200 valence electrons. The van der Waals surface area contributed by atoms with Crippen LogP contribution in [0.15, 0.2) is 27.6 Å². The summed E-state index contributed by atoms with van der Waals surface area (Å²) in [7, 11) is 0. The van der Waals surface area contributed by atoms with Crippen LogP contribution in [0.25, 0.3) is 0 Å². The Morgan fingerprint density at radius 3 is 2.56 bits per heavy atom. The van der Waals surface area contributed by atoms with Crippen LogP contribution in [-0.4, -0.2) is 64.7 Å². The topological polar surface area (TPSA) is 109 Å². The molecule has 0 bridgehead atoms. The molecule has 1 aromatic heterocycles. The van der Waals surface area contributed by atoms with Gasteiger partial charge in [0.15, 0.2) is 0 Å². The molecule has 4 saturated carbocycles. The van der Waals surface area contributed by atoms with E-state index >= 15 is 0 Å². The highest BCUT2D eigenvalue weighted by Crippen LogP contribution is 2.71. The van der Waals surface area contributed by atoms with Gasteiger partial charge in [0.2, 0.25) is 0 Å². The molecule has 0 aromatic carbocycles. The Balaban J connectivity index is 1.24. The van der Waals surface area contributed by atoms with Crippen LogP contribution in [0.2, 0.25) is 0 Å². The first-order valence-corrected chi connectivity index (χ1v) is 14.2. The van der Waals surface area contributed by atoms with Gasteiger partial charge in [-0.1, -0.05) is 13.8 Å². The van der Waals surface area contributed by atoms with Gasteiger partial charge in [0.05, 0.1) is 30.2 Å². The first-order valence-electron chi connectivity index (χ1n) is 14.2. The zero-order valence-corrected chi connectivity index (χ0v) is 22.0. The van der Waals surface area contributed by atoms with Gasteiger partial charge in [-0.05, 0) is 92.6 Å². The van der Waals surface area contributed by atoms with E-state index in [0.29, 0.717) is 18.5 Å². The van der Waals surface area contributed by atoms with Gasteiger partial charge in [0.25, 0.3) is 0 Å². The Bertz CT molecular complexity index is 1030. The van der Waals surface area contributed by atoms with Gasteiger partial charge in [-0.3, -0.25) is 4.90 Å². The lowest BCUT2D eigenvalue weighted by Gasteiger charge is -2.66. The van der Waals surface area contributed by atoms with Crippen molar-refractivity contribution >= 4 is 0 Å². The second kappa shape index (κ2) is 8.63.